The first-order valence-corrected chi connectivity index (χ1v) is 9.19. The van der Waals surface area contributed by atoms with Crippen LogP contribution >= 0.6 is 24.0 Å². The lowest BCUT2D eigenvalue weighted by molar-refractivity contribution is -0.119. The molecule has 1 aliphatic carbocycles. The Balaban J connectivity index is 0.00000280. The van der Waals surface area contributed by atoms with E-state index in [0.29, 0.717) is 31.4 Å². The molecule has 1 saturated carbocycles. The first kappa shape index (κ1) is 22.2. The van der Waals surface area contributed by atoms with E-state index in [4.69, 9.17) is 4.42 Å². The number of halogens is 2. The molecule has 3 N–H and O–H groups in total. The average molecular weight is 500 g/mol. The number of nitrogens with one attached hydrogen (secondary N) is 3. The van der Waals surface area contributed by atoms with Gasteiger partial charge in [0.25, 0.3) is 0 Å². The quantitative estimate of drug-likeness (QED) is 0.296. The Hall–Kier alpha value is -2.10. The Morgan fingerprint density at radius 2 is 2.04 bits per heavy atom. The van der Waals surface area contributed by atoms with Crippen molar-refractivity contribution in [3.8, 4) is 0 Å². The normalized spacial score (nSPS) is 14.7. The Kier molecular flexibility index (Phi) is 8.28. The summed E-state index contributed by atoms with van der Waals surface area (Å²) in [6.45, 7) is 3.66. The minimum atomic E-state index is -0.215. The summed E-state index contributed by atoms with van der Waals surface area (Å²) >= 11 is 0. The van der Waals surface area contributed by atoms with Crippen molar-refractivity contribution in [1.82, 2.24) is 16.0 Å². The van der Waals surface area contributed by atoms with Gasteiger partial charge in [0.1, 0.15) is 18.1 Å². The van der Waals surface area contributed by atoms with Crippen LogP contribution in [0.25, 0.3) is 0 Å². The molecule has 1 aromatic carbocycles. The van der Waals surface area contributed by atoms with Gasteiger partial charge in [0.15, 0.2) is 5.96 Å². The Labute approximate surface area is 181 Å². The minimum absolute atomic E-state index is 0. The standard InChI is InChI=1S/C20H25FN4O2.HI/c1-2-22-19(24-13-18(26)23-12-17-7-4-10-27-17)25-14-20(8-9-20)15-5-3-6-16(21)11-15;/h3-7,10-11H,2,8-9,12-14H2,1H3,(H,23,26)(H2,22,24,25);1H. The van der Waals surface area contributed by atoms with Crippen LogP contribution in [0.15, 0.2) is 52.1 Å². The molecule has 1 aliphatic rings. The van der Waals surface area contributed by atoms with Crippen LogP contribution in [0.5, 0.6) is 0 Å². The van der Waals surface area contributed by atoms with Crippen molar-refractivity contribution in [2.75, 3.05) is 19.6 Å². The van der Waals surface area contributed by atoms with Gasteiger partial charge in [-0.1, -0.05) is 12.1 Å². The molecule has 1 heterocycles. The van der Waals surface area contributed by atoms with Gasteiger partial charge in [-0.25, -0.2) is 9.38 Å². The van der Waals surface area contributed by atoms with Crippen LogP contribution in [0.3, 0.4) is 0 Å². The molecule has 0 aliphatic heterocycles. The summed E-state index contributed by atoms with van der Waals surface area (Å²) in [5, 5.41) is 9.18. The van der Waals surface area contributed by atoms with Crippen molar-refractivity contribution in [2.45, 2.75) is 31.7 Å². The number of hydrogen-bond acceptors (Lipinski definition) is 3. The molecule has 8 heteroatoms. The fraction of sp³-hybridized carbons (Fsp3) is 0.400. The zero-order valence-electron chi connectivity index (χ0n) is 15.8. The molecule has 28 heavy (non-hydrogen) atoms. The summed E-state index contributed by atoms with van der Waals surface area (Å²) in [6.07, 6.45) is 3.58. The summed E-state index contributed by atoms with van der Waals surface area (Å²) in [4.78, 5) is 16.3. The minimum Gasteiger partial charge on any atom is -0.467 e. The maximum absolute atomic E-state index is 13.5. The molecule has 6 nitrogen and oxygen atoms in total. The van der Waals surface area contributed by atoms with Gasteiger partial charge in [0, 0.05) is 18.5 Å². The molecular formula is C20H26FIN4O2. The number of hydrogen-bond donors (Lipinski definition) is 3. The maximum Gasteiger partial charge on any atom is 0.242 e. The predicted molar refractivity (Wildman–Crippen MR) is 117 cm³/mol. The molecular weight excluding hydrogens is 474 g/mol. The topological polar surface area (TPSA) is 78.7 Å². The number of carbonyl (C=O) groups excluding carboxylic acids is 1. The van der Waals surface area contributed by atoms with Gasteiger partial charge in [-0.15, -0.1) is 24.0 Å². The highest BCUT2D eigenvalue weighted by molar-refractivity contribution is 14.0. The van der Waals surface area contributed by atoms with Crippen LogP contribution in [0.2, 0.25) is 0 Å². The van der Waals surface area contributed by atoms with Gasteiger partial charge >= 0.3 is 0 Å². The lowest BCUT2D eigenvalue weighted by atomic mass is 9.96. The van der Waals surface area contributed by atoms with Gasteiger partial charge in [0.05, 0.1) is 12.8 Å². The van der Waals surface area contributed by atoms with Gasteiger partial charge in [-0.05, 0) is 49.6 Å². The van der Waals surface area contributed by atoms with E-state index in [1.165, 1.54) is 6.07 Å². The van der Waals surface area contributed by atoms with Gasteiger partial charge in [-0.2, -0.15) is 0 Å². The molecule has 152 valence electrons. The number of guanidine groups is 1. The molecule has 1 fully saturated rings. The average Bonchev–Trinajstić information content (AvgIpc) is 3.28. The van der Waals surface area contributed by atoms with E-state index in [0.717, 1.165) is 18.4 Å². The summed E-state index contributed by atoms with van der Waals surface area (Å²) in [5.41, 5.74) is 0.946. The van der Waals surface area contributed by atoms with E-state index < -0.39 is 0 Å². The molecule has 3 rings (SSSR count). The molecule has 0 bridgehead atoms. The van der Waals surface area contributed by atoms with Crippen molar-refractivity contribution < 1.29 is 13.6 Å². The molecule has 2 aromatic rings. The van der Waals surface area contributed by atoms with E-state index in [1.807, 2.05) is 13.0 Å². The number of aliphatic imine (C=N–C) groups is 1. The van der Waals surface area contributed by atoms with E-state index in [9.17, 15) is 9.18 Å². The smallest absolute Gasteiger partial charge is 0.242 e. The highest BCUT2D eigenvalue weighted by atomic mass is 127. The van der Waals surface area contributed by atoms with Crippen molar-refractivity contribution in [3.63, 3.8) is 0 Å². The number of rotatable bonds is 8. The lowest BCUT2D eigenvalue weighted by Crippen LogP contribution is -2.42. The Morgan fingerprint density at radius 3 is 2.68 bits per heavy atom. The SMILES string of the molecule is CCNC(=NCC(=O)NCc1ccco1)NCC1(c2cccc(F)c2)CC1.I. The first-order valence-electron chi connectivity index (χ1n) is 9.19. The molecule has 1 aromatic heterocycles. The van der Waals surface area contributed by atoms with Crippen molar-refractivity contribution in [2.24, 2.45) is 4.99 Å². The molecule has 1 amide bonds. The van der Waals surface area contributed by atoms with E-state index >= 15 is 0 Å². The third-order valence-corrected chi connectivity index (χ3v) is 4.65. The Morgan fingerprint density at radius 1 is 1.21 bits per heavy atom. The van der Waals surface area contributed by atoms with Crippen molar-refractivity contribution in [3.05, 3.63) is 59.8 Å². The highest BCUT2D eigenvalue weighted by Crippen LogP contribution is 2.47. The van der Waals surface area contributed by atoms with E-state index in [1.54, 1.807) is 30.5 Å². The third-order valence-electron chi connectivity index (χ3n) is 4.65. The van der Waals surface area contributed by atoms with Gasteiger partial charge in [-0.3, -0.25) is 4.79 Å². The fourth-order valence-corrected chi connectivity index (χ4v) is 2.94. The van der Waals surface area contributed by atoms with E-state index in [2.05, 4.69) is 20.9 Å². The number of benzene rings is 1. The second-order valence-electron chi connectivity index (χ2n) is 6.70. The summed E-state index contributed by atoms with van der Waals surface area (Å²) in [5.74, 6) is 0.874. The number of carbonyl (C=O) groups is 1. The zero-order chi connectivity index (χ0) is 19.1. The van der Waals surface area contributed by atoms with Crippen molar-refractivity contribution in [1.29, 1.82) is 0 Å². The van der Waals surface area contributed by atoms with Crippen LogP contribution in [0, 0.1) is 5.82 Å². The summed E-state index contributed by atoms with van der Waals surface area (Å²) < 4.78 is 18.7. The second kappa shape index (κ2) is 10.4. The lowest BCUT2D eigenvalue weighted by Gasteiger charge is -2.19. The van der Waals surface area contributed by atoms with E-state index in [-0.39, 0.29) is 47.7 Å². The van der Waals surface area contributed by atoms with Gasteiger partial charge in [0.2, 0.25) is 5.91 Å². The van der Waals surface area contributed by atoms with Crippen molar-refractivity contribution >= 4 is 35.8 Å². The number of nitrogens with zero attached hydrogens (tertiary/aromatic N) is 1. The van der Waals surface area contributed by atoms with Crippen LogP contribution in [-0.2, 0) is 16.8 Å². The second-order valence-corrected chi connectivity index (χ2v) is 6.70. The fourth-order valence-electron chi connectivity index (χ4n) is 2.94. The highest BCUT2D eigenvalue weighted by Gasteiger charge is 2.44. The predicted octanol–water partition coefficient (Wildman–Crippen LogP) is 2.94. The molecule has 0 radical (unpaired) electrons. The number of furan rings is 1. The van der Waals surface area contributed by atoms with Crippen LogP contribution in [0.4, 0.5) is 4.39 Å². The molecule has 0 atom stereocenters. The van der Waals surface area contributed by atoms with Crippen LogP contribution < -0.4 is 16.0 Å². The summed E-state index contributed by atoms with van der Waals surface area (Å²) in [7, 11) is 0. The Bertz CT molecular complexity index is 791. The molecule has 0 saturated heterocycles. The van der Waals surface area contributed by atoms with Crippen LogP contribution in [0.1, 0.15) is 31.1 Å². The third kappa shape index (κ3) is 6.22. The number of amides is 1. The zero-order valence-corrected chi connectivity index (χ0v) is 18.2. The molecule has 0 spiro atoms. The van der Waals surface area contributed by atoms with Crippen LogP contribution in [-0.4, -0.2) is 31.5 Å². The largest absolute Gasteiger partial charge is 0.467 e. The van der Waals surface area contributed by atoms with Gasteiger partial charge < -0.3 is 20.4 Å². The monoisotopic (exact) mass is 500 g/mol. The first-order chi connectivity index (χ1) is 13.1. The summed E-state index contributed by atoms with van der Waals surface area (Å²) in [6, 6.07) is 10.3. The molecule has 0 unspecified atom stereocenters. The maximum atomic E-state index is 13.5.